The zero-order valence-corrected chi connectivity index (χ0v) is 9.81. The third-order valence-electron chi connectivity index (χ3n) is 2.49. The Hall–Kier alpha value is -1.84. The van der Waals surface area contributed by atoms with Crippen molar-refractivity contribution < 1.29 is 0 Å². The van der Waals surface area contributed by atoms with Crippen LogP contribution in [0.3, 0.4) is 0 Å². The van der Waals surface area contributed by atoms with E-state index >= 15 is 0 Å². The van der Waals surface area contributed by atoms with Gasteiger partial charge in [-0.05, 0) is 32.9 Å². The van der Waals surface area contributed by atoms with E-state index in [9.17, 15) is 0 Å². The number of hydrogen-bond acceptors (Lipinski definition) is 3. The molecular formula is C12H16N4. The number of aromatic nitrogens is 3. The molecule has 0 bridgehead atoms. The molecule has 0 unspecified atom stereocenters. The van der Waals surface area contributed by atoms with E-state index in [0.717, 1.165) is 17.0 Å². The van der Waals surface area contributed by atoms with Crippen molar-refractivity contribution in [3.05, 3.63) is 30.1 Å². The number of nitrogen functional groups attached to an aromatic ring is 1. The van der Waals surface area contributed by atoms with Crippen molar-refractivity contribution in [1.82, 2.24) is 14.8 Å². The van der Waals surface area contributed by atoms with Gasteiger partial charge >= 0.3 is 0 Å². The van der Waals surface area contributed by atoms with Crippen LogP contribution in [0.2, 0.25) is 0 Å². The van der Waals surface area contributed by atoms with Crippen LogP contribution in [0.1, 0.15) is 25.6 Å². The molecule has 2 N–H and O–H groups in total. The lowest BCUT2D eigenvalue weighted by atomic mass is 10.2. The van der Waals surface area contributed by atoms with Crippen LogP contribution in [0.5, 0.6) is 0 Å². The van der Waals surface area contributed by atoms with Gasteiger partial charge in [0.15, 0.2) is 0 Å². The van der Waals surface area contributed by atoms with Gasteiger partial charge in [-0.25, -0.2) is 4.98 Å². The van der Waals surface area contributed by atoms with Gasteiger partial charge in [0.05, 0.1) is 11.4 Å². The maximum absolute atomic E-state index is 5.67. The Balaban J connectivity index is 2.48. The first-order valence-corrected chi connectivity index (χ1v) is 5.36. The smallest absolute Gasteiger partial charge is 0.124 e. The largest absolute Gasteiger partial charge is 0.384 e. The van der Waals surface area contributed by atoms with Gasteiger partial charge in [-0.3, -0.25) is 4.68 Å². The molecule has 0 aliphatic heterocycles. The van der Waals surface area contributed by atoms with E-state index in [4.69, 9.17) is 5.73 Å². The van der Waals surface area contributed by atoms with Crippen LogP contribution in [0, 0.1) is 6.92 Å². The first kappa shape index (κ1) is 10.7. The zero-order valence-electron chi connectivity index (χ0n) is 9.81. The average Bonchev–Trinajstić information content (AvgIpc) is 2.60. The minimum atomic E-state index is 0.355. The van der Waals surface area contributed by atoms with Crippen LogP contribution in [0.15, 0.2) is 24.4 Å². The Labute approximate surface area is 95.1 Å². The van der Waals surface area contributed by atoms with Gasteiger partial charge in [-0.1, -0.05) is 6.07 Å². The second-order valence-electron chi connectivity index (χ2n) is 4.15. The number of nitrogens with two attached hydrogens (primary N) is 1. The molecule has 0 radical (unpaired) electrons. The summed E-state index contributed by atoms with van der Waals surface area (Å²) in [5.41, 5.74) is 8.57. The molecule has 0 aromatic carbocycles. The number of hydrogen-bond donors (Lipinski definition) is 1. The third-order valence-corrected chi connectivity index (χ3v) is 2.49. The van der Waals surface area contributed by atoms with Crippen LogP contribution in [-0.4, -0.2) is 14.8 Å². The highest BCUT2D eigenvalue weighted by molar-refractivity contribution is 5.62. The second kappa shape index (κ2) is 3.96. The van der Waals surface area contributed by atoms with Gasteiger partial charge in [-0.15, -0.1) is 0 Å². The van der Waals surface area contributed by atoms with E-state index in [0.29, 0.717) is 11.9 Å². The Morgan fingerprint density at radius 3 is 2.62 bits per heavy atom. The van der Waals surface area contributed by atoms with E-state index in [2.05, 4.69) is 23.9 Å². The number of anilines is 1. The maximum atomic E-state index is 5.67. The summed E-state index contributed by atoms with van der Waals surface area (Å²) >= 11 is 0. The molecule has 0 amide bonds. The van der Waals surface area contributed by atoms with Gasteiger partial charge < -0.3 is 5.73 Å². The van der Waals surface area contributed by atoms with Crippen molar-refractivity contribution in [2.45, 2.75) is 26.8 Å². The summed E-state index contributed by atoms with van der Waals surface area (Å²) in [5, 5.41) is 4.45. The van der Waals surface area contributed by atoms with Gasteiger partial charge in [0.2, 0.25) is 0 Å². The van der Waals surface area contributed by atoms with Gasteiger partial charge in [0.1, 0.15) is 5.82 Å². The molecule has 16 heavy (non-hydrogen) atoms. The third kappa shape index (κ3) is 1.91. The lowest BCUT2D eigenvalue weighted by Crippen LogP contribution is -2.00. The van der Waals surface area contributed by atoms with Crippen LogP contribution in [0.4, 0.5) is 5.82 Å². The molecule has 0 aliphatic carbocycles. The summed E-state index contributed by atoms with van der Waals surface area (Å²) in [6.45, 7) is 6.19. The molecule has 0 saturated carbocycles. The number of rotatable bonds is 2. The van der Waals surface area contributed by atoms with E-state index in [1.54, 1.807) is 6.07 Å². The van der Waals surface area contributed by atoms with Gasteiger partial charge in [0.25, 0.3) is 0 Å². The summed E-state index contributed by atoms with van der Waals surface area (Å²) in [5.74, 6) is 0.536. The molecule has 2 heterocycles. The highest BCUT2D eigenvalue weighted by Crippen LogP contribution is 2.22. The van der Waals surface area contributed by atoms with Crippen LogP contribution in [0.25, 0.3) is 11.3 Å². The molecular weight excluding hydrogens is 200 g/mol. The number of aryl methyl sites for hydroxylation is 1. The Morgan fingerprint density at radius 2 is 2.06 bits per heavy atom. The summed E-state index contributed by atoms with van der Waals surface area (Å²) in [7, 11) is 0. The summed E-state index contributed by atoms with van der Waals surface area (Å²) in [6, 6.07) is 5.99. The first-order chi connectivity index (χ1) is 7.58. The van der Waals surface area contributed by atoms with Crippen LogP contribution >= 0.6 is 0 Å². The minimum absolute atomic E-state index is 0.355. The van der Waals surface area contributed by atoms with Crippen LogP contribution < -0.4 is 5.73 Å². The molecule has 0 atom stereocenters. The quantitative estimate of drug-likeness (QED) is 0.838. The Morgan fingerprint density at radius 1 is 1.31 bits per heavy atom. The van der Waals surface area contributed by atoms with E-state index in [1.165, 1.54) is 0 Å². The lowest BCUT2D eigenvalue weighted by Gasteiger charge is -2.03. The molecule has 0 spiro atoms. The molecule has 84 valence electrons. The minimum Gasteiger partial charge on any atom is -0.384 e. The summed E-state index contributed by atoms with van der Waals surface area (Å²) in [6.07, 6.45) is 2.02. The topological polar surface area (TPSA) is 56.7 Å². The average molecular weight is 216 g/mol. The lowest BCUT2D eigenvalue weighted by molar-refractivity contribution is 0.529. The van der Waals surface area contributed by atoms with Crippen molar-refractivity contribution in [3.63, 3.8) is 0 Å². The fourth-order valence-corrected chi connectivity index (χ4v) is 1.60. The van der Waals surface area contributed by atoms with E-state index in [1.807, 2.05) is 29.9 Å². The fourth-order valence-electron chi connectivity index (χ4n) is 1.60. The summed E-state index contributed by atoms with van der Waals surface area (Å²) in [4.78, 5) is 4.30. The highest BCUT2D eigenvalue weighted by atomic mass is 15.3. The molecule has 0 saturated heterocycles. The Bertz CT molecular complexity index is 499. The van der Waals surface area contributed by atoms with Crippen molar-refractivity contribution in [3.8, 4) is 11.3 Å². The SMILES string of the molecule is Cc1nn(C(C)C)cc1-c1cccc(N)n1. The molecule has 2 aromatic rings. The zero-order chi connectivity index (χ0) is 11.7. The summed E-state index contributed by atoms with van der Waals surface area (Å²) < 4.78 is 1.94. The van der Waals surface area contributed by atoms with Gasteiger partial charge in [0, 0.05) is 17.8 Å². The van der Waals surface area contributed by atoms with E-state index in [-0.39, 0.29) is 0 Å². The van der Waals surface area contributed by atoms with Gasteiger partial charge in [-0.2, -0.15) is 5.10 Å². The normalized spacial score (nSPS) is 11.0. The monoisotopic (exact) mass is 216 g/mol. The van der Waals surface area contributed by atoms with Crippen molar-refractivity contribution in [2.24, 2.45) is 0 Å². The van der Waals surface area contributed by atoms with Crippen molar-refractivity contribution in [2.75, 3.05) is 5.73 Å². The predicted octanol–water partition coefficient (Wildman–Crippen LogP) is 2.42. The first-order valence-electron chi connectivity index (χ1n) is 5.36. The number of pyridine rings is 1. The molecule has 2 aromatic heterocycles. The van der Waals surface area contributed by atoms with Crippen LogP contribution in [-0.2, 0) is 0 Å². The second-order valence-corrected chi connectivity index (χ2v) is 4.15. The Kier molecular flexibility index (Phi) is 2.64. The molecule has 0 aliphatic rings. The predicted molar refractivity (Wildman–Crippen MR) is 65.0 cm³/mol. The van der Waals surface area contributed by atoms with Crippen molar-refractivity contribution >= 4 is 5.82 Å². The molecule has 4 nitrogen and oxygen atoms in total. The molecule has 2 rings (SSSR count). The molecule has 0 fully saturated rings. The molecule has 4 heteroatoms. The standard InChI is InChI=1S/C12H16N4/c1-8(2)16-7-10(9(3)15-16)11-5-4-6-12(13)14-11/h4-8H,1-3H3,(H2,13,14). The number of nitrogens with zero attached hydrogens (tertiary/aromatic N) is 3. The fraction of sp³-hybridized carbons (Fsp3) is 0.333. The van der Waals surface area contributed by atoms with E-state index < -0.39 is 0 Å². The van der Waals surface area contributed by atoms with Crippen molar-refractivity contribution in [1.29, 1.82) is 0 Å². The maximum Gasteiger partial charge on any atom is 0.124 e. The highest BCUT2D eigenvalue weighted by Gasteiger charge is 2.10.